The minimum Gasteiger partial charge on any atom is -0.340 e. The summed E-state index contributed by atoms with van der Waals surface area (Å²) < 4.78 is 0. The monoisotopic (exact) mass is 296 g/mol. The predicted octanol–water partition coefficient (Wildman–Crippen LogP) is 3.81. The van der Waals surface area contributed by atoms with Gasteiger partial charge in [-0.2, -0.15) is 0 Å². The fourth-order valence-corrected chi connectivity index (χ4v) is 3.42. The minimum absolute atomic E-state index is 0.346. The minimum atomic E-state index is 0.346. The summed E-state index contributed by atoms with van der Waals surface area (Å²) in [6.07, 6.45) is 7.77. The molecule has 1 atom stereocenters. The van der Waals surface area contributed by atoms with Gasteiger partial charge in [0.05, 0.1) is 0 Å². The third kappa shape index (κ3) is 6.82. The van der Waals surface area contributed by atoms with E-state index in [4.69, 9.17) is 5.73 Å². The Kier molecular flexibility index (Phi) is 8.31. The maximum absolute atomic E-state index is 12.8. The molecule has 0 bridgehead atoms. The van der Waals surface area contributed by atoms with E-state index < -0.39 is 0 Å². The molecule has 1 aliphatic carbocycles. The van der Waals surface area contributed by atoms with Crippen molar-refractivity contribution in [3.05, 3.63) is 0 Å². The maximum atomic E-state index is 12.8. The summed E-state index contributed by atoms with van der Waals surface area (Å²) in [7, 11) is 0. The van der Waals surface area contributed by atoms with E-state index in [2.05, 4.69) is 32.6 Å². The topological polar surface area (TPSA) is 46.3 Å². The Balaban J connectivity index is 2.60. The van der Waals surface area contributed by atoms with Crippen LogP contribution in [0.15, 0.2) is 0 Å². The van der Waals surface area contributed by atoms with E-state index in [1.165, 1.54) is 25.7 Å². The molecule has 0 heterocycles. The van der Waals surface area contributed by atoms with Crippen LogP contribution in [-0.4, -0.2) is 29.9 Å². The Labute approximate surface area is 131 Å². The first-order valence-electron chi connectivity index (χ1n) is 8.93. The molecular formula is C18H36N2O. The van der Waals surface area contributed by atoms with Gasteiger partial charge in [-0.15, -0.1) is 0 Å². The Bertz CT molecular complexity index is 296. The molecule has 1 amide bonds. The summed E-state index contributed by atoms with van der Waals surface area (Å²) in [5.74, 6) is 1.96. The lowest BCUT2D eigenvalue weighted by Gasteiger charge is -2.31. The summed E-state index contributed by atoms with van der Waals surface area (Å²) in [4.78, 5) is 15.0. The van der Waals surface area contributed by atoms with Crippen molar-refractivity contribution in [2.75, 3.05) is 13.1 Å². The number of nitrogens with two attached hydrogens (primary N) is 1. The Morgan fingerprint density at radius 1 is 1.14 bits per heavy atom. The van der Waals surface area contributed by atoms with Crippen molar-refractivity contribution < 1.29 is 4.79 Å². The molecule has 2 N–H and O–H groups in total. The molecule has 0 spiro atoms. The van der Waals surface area contributed by atoms with Crippen LogP contribution in [0.5, 0.6) is 0 Å². The van der Waals surface area contributed by atoms with Gasteiger partial charge in [-0.05, 0) is 50.0 Å². The van der Waals surface area contributed by atoms with E-state index in [0.717, 1.165) is 19.4 Å². The highest BCUT2D eigenvalue weighted by atomic mass is 16.2. The van der Waals surface area contributed by atoms with E-state index in [1.807, 2.05) is 0 Å². The molecule has 1 unspecified atom stereocenters. The first kappa shape index (κ1) is 18.5. The van der Waals surface area contributed by atoms with Gasteiger partial charge in [0.25, 0.3) is 0 Å². The van der Waals surface area contributed by atoms with Crippen LogP contribution in [0.4, 0.5) is 0 Å². The second kappa shape index (κ2) is 9.45. The van der Waals surface area contributed by atoms with Crippen LogP contribution in [0.3, 0.4) is 0 Å². The summed E-state index contributed by atoms with van der Waals surface area (Å²) in [6.45, 7) is 10.4. The lowest BCUT2D eigenvalue weighted by Crippen LogP contribution is -2.41. The number of rotatable bonds is 9. The molecule has 0 saturated heterocycles. The van der Waals surface area contributed by atoms with E-state index in [0.29, 0.717) is 42.7 Å². The van der Waals surface area contributed by atoms with Gasteiger partial charge >= 0.3 is 0 Å². The zero-order valence-electron chi connectivity index (χ0n) is 14.6. The number of carbonyl (C=O) groups excluding carboxylic acids is 1. The molecule has 124 valence electrons. The fraction of sp³-hybridized carbons (Fsp3) is 0.944. The van der Waals surface area contributed by atoms with E-state index in [-0.39, 0.29) is 0 Å². The molecule has 1 aliphatic rings. The summed E-state index contributed by atoms with van der Waals surface area (Å²) in [5.41, 5.74) is 5.87. The average molecular weight is 296 g/mol. The molecule has 1 fully saturated rings. The Hall–Kier alpha value is -0.570. The van der Waals surface area contributed by atoms with Crippen LogP contribution >= 0.6 is 0 Å². The number of amides is 1. The van der Waals surface area contributed by atoms with E-state index in [1.54, 1.807) is 0 Å². The lowest BCUT2D eigenvalue weighted by molar-refractivity contribution is -0.134. The van der Waals surface area contributed by atoms with E-state index in [9.17, 15) is 4.79 Å². The predicted molar refractivity (Wildman–Crippen MR) is 90.0 cm³/mol. The van der Waals surface area contributed by atoms with Gasteiger partial charge in [0, 0.05) is 19.0 Å². The first-order chi connectivity index (χ1) is 9.93. The molecule has 0 radical (unpaired) electrons. The first-order valence-corrected chi connectivity index (χ1v) is 8.93. The van der Waals surface area contributed by atoms with Crippen molar-refractivity contribution in [3.63, 3.8) is 0 Å². The van der Waals surface area contributed by atoms with E-state index >= 15 is 0 Å². The normalized spacial score (nSPS) is 17.7. The standard InChI is InChI=1S/C18H36N2O/c1-14(2)9-10-20(17-7-5-6-8-17)18(21)12-16(13-19)11-15(3)4/h14-17H,5-13,19H2,1-4H3. The van der Waals surface area contributed by atoms with Crippen molar-refractivity contribution in [1.82, 2.24) is 4.90 Å². The number of hydrogen-bond acceptors (Lipinski definition) is 2. The molecule has 21 heavy (non-hydrogen) atoms. The van der Waals surface area contributed by atoms with Crippen LogP contribution in [0.25, 0.3) is 0 Å². The van der Waals surface area contributed by atoms with Crippen molar-refractivity contribution >= 4 is 5.91 Å². The second-order valence-electron chi connectivity index (χ2n) is 7.64. The van der Waals surface area contributed by atoms with Crippen molar-refractivity contribution in [3.8, 4) is 0 Å². The molecule has 3 heteroatoms. The largest absolute Gasteiger partial charge is 0.340 e. The number of nitrogens with zero attached hydrogens (tertiary/aromatic N) is 1. The molecule has 1 rings (SSSR count). The van der Waals surface area contributed by atoms with Gasteiger partial charge in [-0.25, -0.2) is 0 Å². The van der Waals surface area contributed by atoms with Crippen LogP contribution in [-0.2, 0) is 4.79 Å². The third-order valence-corrected chi connectivity index (χ3v) is 4.63. The van der Waals surface area contributed by atoms with Gasteiger partial charge in [-0.3, -0.25) is 4.79 Å². The molecule has 0 aliphatic heterocycles. The average Bonchev–Trinajstić information content (AvgIpc) is 2.91. The van der Waals surface area contributed by atoms with Gasteiger partial charge in [0.15, 0.2) is 0 Å². The van der Waals surface area contributed by atoms with Crippen LogP contribution < -0.4 is 5.73 Å². The molecule has 0 aromatic rings. The van der Waals surface area contributed by atoms with Crippen LogP contribution in [0.1, 0.15) is 72.6 Å². The summed E-state index contributed by atoms with van der Waals surface area (Å²) in [6, 6.07) is 0.494. The van der Waals surface area contributed by atoms with Gasteiger partial charge in [-0.1, -0.05) is 40.5 Å². The zero-order valence-corrected chi connectivity index (χ0v) is 14.6. The zero-order chi connectivity index (χ0) is 15.8. The molecule has 0 aromatic heterocycles. The quantitative estimate of drug-likeness (QED) is 0.703. The Morgan fingerprint density at radius 3 is 2.24 bits per heavy atom. The summed E-state index contributed by atoms with van der Waals surface area (Å²) in [5, 5.41) is 0. The SMILES string of the molecule is CC(C)CCN(C(=O)CC(CN)CC(C)C)C1CCCC1. The van der Waals surface area contributed by atoms with Gasteiger partial charge in [0.2, 0.25) is 5.91 Å². The van der Waals surface area contributed by atoms with Crippen LogP contribution in [0.2, 0.25) is 0 Å². The van der Waals surface area contributed by atoms with Crippen molar-refractivity contribution in [1.29, 1.82) is 0 Å². The third-order valence-electron chi connectivity index (χ3n) is 4.63. The lowest BCUT2D eigenvalue weighted by atomic mass is 9.93. The van der Waals surface area contributed by atoms with Gasteiger partial charge < -0.3 is 10.6 Å². The molecular weight excluding hydrogens is 260 g/mol. The highest BCUT2D eigenvalue weighted by Crippen LogP contribution is 2.26. The highest BCUT2D eigenvalue weighted by molar-refractivity contribution is 5.76. The maximum Gasteiger partial charge on any atom is 0.223 e. The van der Waals surface area contributed by atoms with Crippen molar-refractivity contribution in [2.45, 2.75) is 78.7 Å². The van der Waals surface area contributed by atoms with Crippen LogP contribution in [0, 0.1) is 17.8 Å². The summed E-state index contributed by atoms with van der Waals surface area (Å²) >= 11 is 0. The van der Waals surface area contributed by atoms with Gasteiger partial charge in [0.1, 0.15) is 0 Å². The highest BCUT2D eigenvalue weighted by Gasteiger charge is 2.27. The second-order valence-corrected chi connectivity index (χ2v) is 7.64. The molecule has 3 nitrogen and oxygen atoms in total. The molecule has 1 saturated carbocycles. The Morgan fingerprint density at radius 2 is 1.76 bits per heavy atom. The smallest absolute Gasteiger partial charge is 0.223 e. The number of carbonyl (C=O) groups is 1. The van der Waals surface area contributed by atoms with Crippen molar-refractivity contribution in [2.24, 2.45) is 23.5 Å². The molecule has 0 aromatic carbocycles. The fourth-order valence-electron chi connectivity index (χ4n) is 3.42. The number of hydrogen-bond donors (Lipinski definition) is 1.